The predicted molar refractivity (Wildman–Crippen MR) is 83.7 cm³/mol. The van der Waals surface area contributed by atoms with Crippen molar-refractivity contribution in [2.45, 2.75) is 12.8 Å². The van der Waals surface area contributed by atoms with Crippen molar-refractivity contribution in [1.29, 1.82) is 0 Å². The number of carbonyl (C=O) groups excluding carboxylic acids is 1. The van der Waals surface area contributed by atoms with Crippen molar-refractivity contribution in [1.82, 2.24) is 4.98 Å². The van der Waals surface area contributed by atoms with Gasteiger partial charge in [-0.25, -0.2) is 4.98 Å². The molecular formula is C14H18N4OS. The van der Waals surface area contributed by atoms with Crippen LogP contribution in [0.25, 0.3) is 0 Å². The number of primary amides is 1. The largest absolute Gasteiger partial charge is 0.378 e. The summed E-state index contributed by atoms with van der Waals surface area (Å²) in [6, 6.07) is 8.12. The Morgan fingerprint density at radius 1 is 1.35 bits per heavy atom. The Bertz CT molecular complexity index is 577. The summed E-state index contributed by atoms with van der Waals surface area (Å²) in [5.74, 6) is -0.299. The fourth-order valence-corrected chi connectivity index (χ4v) is 2.46. The van der Waals surface area contributed by atoms with E-state index in [4.69, 9.17) is 5.73 Å². The lowest BCUT2D eigenvalue weighted by Crippen LogP contribution is -2.11. The number of rotatable bonds is 6. The van der Waals surface area contributed by atoms with E-state index in [2.05, 4.69) is 15.2 Å². The maximum atomic E-state index is 10.7. The van der Waals surface area contributed by atoms with Crippen LogP contribution < -0.4 is 16.0 Å². The first-order valence-corrected chi connectivity index (χ1v) is 7.19. The number of thiazole rings is 1. The molecule has 0 aliphatic carbocycles. The minimum absolute atomic E-state index is 0.299. The third kappa shape index (κ3) is 3.96. The number of hydrogen-bond acceptors (Lipinski definition) is 5. The van der Waals surface area contributed by atoms with E-state index in [9.17, 15) is 4.79 Å². The van der Waals surface area contributed by atoms with Gasteiger partial charge in [0.1, 0.15) is 0 Å². The second kappa shape index (κ2) is 6.38. The number of hydrogen-bond donors (Lipinski definition) is 2. The second-order valence-electron chi connectivity index (χ2n) is 4.68. The predicted octanol–water partition coefficient (Wildman–Crippen LogP) is 2.37. The number of aryl methyl sites for hydroxylation is 1. The summed E-state index contributed by atoms with van der Waals surface area (Å²) >= 11 is 1.52. The Morgan fingerprint density at radius 2 is 2.05 bits per heavy atom. The smallest absolute Gasteiger partial charge is 0.217 e. The Hall–Kier alpha value is -2.08. The minimum atomic E-state index is -0.299. The number of nitrogens with one attached hydrogen (secondary N) is 1. The van der Waals surface area contributed by atoms with E-state index in [-0.39, 0.29) is 5.91 Å². The standard InChI is InChI=1S/C14H18N4OS/c1-18(2)12-6-3-10(4-7-12)16-14-17-11(9-20-14)5-8-13(15)19/h3-4,6-7,9H,5,8H2,1-2H3,(H2,15,19)(H,16,17). The van der Waals surface area contributed by atoms with E-state index in [1.54, 1.807) is 0 Å². The highest BCUT2D eigenvalue weighted by Crippen LogP contribution is 2.23. The van der Waals surface area contributed by atoms with Crippen LogP contribution in [0.3, 0.4) is 0 Å². The van der Waals surface area contributed by atoms with Crippen molar-refractivity contribution in [3.8, 4) is 0 Å². The summed E-state index contributed by atoms with van der Waals surface area (Å²) in [7, 11) is 4.02. The average molecular weight is 290 g/mol. The van der Waals surface area contributed by atoms with Gasteiger partial charge in [-0.3, -0.25) is 4.79 Å². The number of amides is 1. The summed E-state index contributed by atoms with van der Waals surface area (Å²) in [5.41, 5.74) is 8.16. The Kier molecular flexibility index (Phi) is 4.57. The highest BCUT2D eigenvalue weighted by molar-refractivity contribution is 7.13. The summed E-state index contributed by atoms with van der Waals surface area (Å²) in [6.45, 7) is 0. The molecule has 1 aromatic heterocycles. The molecule has 0 saturated carbocycles. The number of carbonyl (C=O) groups is 1. The summed E-state index contributed by atoms with van der Waals surface area (Å²) in [6.07, 6.45) is 0.924. The van der Waals surface area contributed by atoms with Crippen LogP contribution in [0.2, 0.25) is 0 Å². The van der Waals surface area contributed by atoms with Gasteiger partial charge >= 0.3 is 0 Å². The SMILES string of the molecule is CN(C)c1ccc(Nc2nc(CCC(N)=O)cs2)cc1. The number of nitrogens with zero attached hydrogens (tertiary/aromatic N) is 2. The molecule has 0 radical (unpaired) electrons. The highest BCUT2D eigenvalue weighted by atomic mass is 32.1. The van der Waals surface area contributed by atoms with E-state index < -0.39 is 0 Å². The third-order valence-corrected chi connectivity index (χ3v) is 3.62. The number of benzene rings is 1. The van der Waals surface area contributed by atoms with Gasteiger partial charge < -0.3 is 16.0 Å². The van der Waals surface area contributed by atoms with Gasteiger partial charge in [0.2, 0.25) is 5.91 Å². The van der Waals surface area contributed by atoms with Crippen molar-refractivity contribution in [3.05, 3.63) is 35.3 Å². The van der Waals surface area contributed by atoms with Gasteiger partial charge in [0.05, 0.1) is 5.69 Å². The third-order valence-electron chi connectivity index (χ3n) is 2.81. The molecule has 0 aliphatic heterocycles. The van der Waals surface area contributed by atoms with Crippen LogP contribution in [-0.4, -0.2) is 25.0 Å². The van der Waals surface area contributed by atoms with Gasteiger partial charge in [-0.2, -0.15) is 0 Å². The lowest BCUT2D eigenvalue weighted by molar-refractivity contribution is -0.118. The molecule has 1 aromatic carbocycles. The van der Waals surface area contributed by atoms with E-state index in [1.807, 2.05) is 43.7 Å². The van der Waals surface area contributed by atoms with E-state index in [0.29, 0.717) is 12.8 Å². The van der Waals surface area contributed by atoms with Crippen molar-refractivity contribution < 1.29 is 4.79 Å². The van der Waals surface area contributed by atoms with Crippen LogP contribution in [0.4, 0.5) is 16.5 Å². The molecule has 5 nitrogen and oxygen atoms in total. The summed E-state index contributed by atoms with van der Waals surface area (Å²) < 4.78 is 0. The van der Waals surface area contributed by atoms with Crippen LogP contribution in [0.1, 0.15) is 12.1 Å². The molecule has 0 saturated heterocycles. The molecule has 0 spiro atoms. The van der Waals surface area contributed by atoms with Gasteiger partial charge in [-0.1, -0.05) is 0 Å². The lowest BCUT2D eigenvalue weighted by atomic mass is 10.2. The zero-order valence-corrected chi connectivity index (χ0v) is 12.4. The topological polar surface area (TPSA) is 71.2 Å². The molecular weight excluding hydrogens is 272 g/mol. The zero-order chi connectivity index (χ0) is 14.5. The molecule has 1 amide bonds. The lowest BCUT2D eigenvalue weighted by Gasteiger charge is -2.12. The number of anilines is 3. The van der Waals surface area contributed by atoms with Gasteiger partial charge in [-0.15, -0.1) is 11.3 Å². The summed E-state index contributed by atoms with van der Waals surface area (Å²) in [5, 5.41) is 6.02. The van der Waals surface area contributed by atoms with Gasteiger partial charge in [0, 0.05) is 37.3 Å². The van der Waals surface area contributed by atoms with Crippen molar-refractivity contribution in [2.75, 3.05) is 24.3 Å². The second-order valence-corrected chi connectivity index (χ2v) is 5.53. The Balaban J connectivity index is 1.97. The molecule has 1 heterocycles. The quantitative estimate of drug-likeness (QED) is 0.857. The Morgan fingerprint density at radius 3 is 2.65 bits per heavy atom. The first-order chi connectivity index (χ1) is 9.54. The highest BCUT2D eigenvalue weighted by Gasteiger charge is 2.04. The molecule has 2 aromatic rings. The average Bonchev–Trinajstić information content (AvgIpc) is 2.84. The van der Waals surface area contributed by atoms with Crippen LogP contribution in [0.15, 0.2) is 29.6 Å². The molecule has 0 aliphatic rings. The molecule has 0 fully saturated rings. The van der Waals surface area contributed by atoms with Gasteiger partial charge in [-0.05, 0) is 30.7 Å². The minimum Gasteiger partial charge on any atom is -0.378 e. The maximum absolute atomic E-state index is 10.7. The van der Waals surface area contributed by atoms with Gasteiger partial charge in [0.25, 0.3) is 0 Å². The molecule has 0 bridgehead atoms. The van der Waals surface area contributed by atoms with Crippen LogP contribution in [0, 0.1) is 0 Å². The molecule has 0 atom stereocenters. The molecule has 6 heteroatoms. The first kappa shape index (κ1) is 14.3. The zero-order valence-electron chi connectivity index (χ0n) is 11.6. The van der Waals surface area contributed by atoms with E-state index in [1.165, 1.54) is 11.3 Å². The van der Waals surface area contributed by atoms with Crippen LogP contribution >= 0.6 is 11.3 Å². The normalized spacial score (nSPS) is 10.3. The summed E-state index contributed by atoms with van der Waals surface area (Å²) in [4.78, 5) is 17.2. The van der Waals surface area contributed by atoms with Crippen LogP contribution in [0.5, 0.6) is 0 Å². The van der Waals surface area contributed by atoms with Crippen molar-refractivity contribution >= 4 is 33.8 Å². The molecule has 20 heavy (non-hydrogen) atoms. The van der Waals surface area contributed by atoms with Crippen molar-refractivity contribution in [2.24, 2.45) is 5.73 Å². The number of nitrogens with two attached hydrogens (primary N) is 1. The molecule has 0 unspecified atom stereocenters. The molecule has 3 N–H and O–H groups in total. The first-order valence-electron chi connectivity index (χ1n) is 6.32. The van der Waals surface area contributed by atoms with E-state index >= 15 is 0 Å². The van der Waals surface area contributed by atoms with E-state index in [0.717, 1.165) is 22.2 Å². The number of aromatic nitrogens is 1. The molecule has 2 rings (SSSR count). The monoisotopic (exact) mass is 290 g/mol. The van der Waals surface area contributed by atoms with Gasteiger partial charge in [0.15, 0.2) is 5.13 Å². The maximum Gasteiger partial charge on any atom is 0.217 e. The van der Waals surface area contributed by atoms with Crippen LogP contribution in [-0.2, 0) is 11.2 Å². The fourth-order valence-electron chi connectivity index (χ4n) is 1.70. The van der Waals surface area contributed by atoms with Crippen molar-refractivity contribution in [3.63, 3.8) is 0 Å². The Labute approximate surface area is 122 Å². The molecule has 106 valence electrons. The fraction of sp³-hybridized carbons (Fsp3) is 0.286.